The van der Waals surface area contributed by atoms with Crippen LogP contribution in [0.1, 0.15) is 27.2 Å². The minimum absolute atomic E-state index is 0.442. The van der Waals surface area contributed by atoms with Crippen molar-refractivity contribution in [1.82, 2.24) is 0 Å². The minimum Gasteiger partial charge on any atom is -0.450 e. The molecule has 11 heavy (non-hydrogen) atoms. The van der Waals surface area contributed by atoms with Crippen molar-refractivity contribution in [3.05, 3.63) is 0 Å². The lowest BCUT2D eigenvalue weighted by Gasteiger charge is -2.25. The van der Waals surface area contributed by atoms with Gasteiger partial charge in [0.1, 0.15) is 0 Å². The molecule has 0 saturated heterocycles. The van der Waals surface area contributed by atoms with Crippen molar-refractivity contribution in [2.45, 2.75) is 33.0 Å². The standard InChI is InChI=1S/C7H14O4/c1-4-7(3,10-5-2)11-6(8)9/h4-5H2,1-3H3,(H,8,9). The zero-order valence-electron chi connectivity index (χ0n) is 7.09. The molecule has 0 aromatic carbocycles. The van der Waals surface area contributed by atoms with Crippen LogP contribution in [-0.4, -0.2) is 23.7 Å². The largest absolute Gasteiger partial charge is 0.508 e. The van der Waals surface area contributed by atoms with Crippen LogP contribution in [0.5, 0.6) is 0 Å². The smallest absolute Gasteiger partial charge is 0.450 e. The van der Waals surface area contributed by atoms with E-state index in [1.54, 1.807) is 20.8 Å². The highest BCUT2D eigenvalue weighted by Gasteiger charge is 2.26. The number of carboxylic acid groups (broad SMARTS) is 1. The monoisotopic (exact) mass is 162 g/mol. The van der Waals surface area contributed by atoms with E-state index < -0.39 is 11.9 Å². The van der Waals surface area contributed by atoms with Gasteiger partial charge in [-0.3, -0.25) is 0 Å². The highest BCUT2D eigenvalue weighted by Crippen LogP contribution is 2.16. The highest BCUT2D eigenvalue weighted by atomic mass is 16.8. The van der Waals surface area contributed by atoms with Crippen LogP contribution in [0.4, 0.5) is 4.79 Å². The zero-order chi connectivity index (χ0) is 8.91. The van der Waals surface area contributed by atoms with Crippen LogP contribution < -0.4 is 0 Å². The van der Waals surface area contributed by atoms with Crippen LogP contribution in [-0.2, 0) is 9.47 Å². The minimum atomic E-state index is -1.30. The third kappa shape index (κ3) is 3.83. The fourth-order valence-corrected chi connectivity index (χ4v) is 0.694. The van der Waals surface area contributed by atoms with Crippen molar-refractivity contribution in [1.29, 1.82) is 0 Å². The molecule has 0 saturated carbocycles. The highest BCUT2D eigenvalue weighted by molar-refractivity contribution is 5.57. The van der Waals surface area contributed by atoms with E-state index in [9.17, 15) is 4.79 Å². The van der Waals surface area contributed by atoms with Gasteiger partial charge in [0.2, 0.25) is 5.79 Å². The van der Waals surface area contributed by atoms with E-state index in [-0.39, 0.29) is 0 Å². The lowest BCUT2D eigenvalue weighted by molar-refractivity contribution is -0.196. The van der Waals surface area contributed by atoms with Gasteiger partial charge in [0, 0.05) is 20.0 Å². The van der Waals surface area contributed by atoms with Gasteiger partial charge in [-0.25, -0.2) is 4.79 Å². The number of ether oxygens (including phenoxy) is 2. The first kappa shape index (κ1) is 10.2. The predicted octanol–water partition coefficient (Wildman–Crippen LogP) is 1.84. The number of hydrogen-bond acceptors (Lipinski definition) is 3. The molecular formula is C7H14O4. The second kappa shape index (κ2) is 4.18. The Balaban J connectivity index is 3.98. The molecule has 0 fully saturated rings. The Morgan fingerprint density at radius 1 is 1.55 bits per heavy atom. The summed E-state index contributed by atoms with van der Waals surface area (Å²) in [6, 6.07) is 0. The van der Waals surface area contributed by atoms with Gasteiger partial charge in [-0.15, -0.1) is 0 Å². The van der Waals surface area contributed by atoms with Crippen LogP contribution in [0.25, 0.3) is 0 Å². The number of hydrogen-bond donors (Lipinski definition) is 1. The number of carbonyl (C=O) groups is 1. The zero-order valence-corrected chi connectivity index (χ0v) is 7.09. The van der Waals surface area contributed by atoms with Gasteiger partial charge in [-0.05, 0) is 6.92 Å². The molecule has 0 rings (SSSR count). The Morgan fingerprint density at radius 3 is 2.36 bits per heavy atom. The van der Waals surface area contributed by atoms with Gasteiger partial charge in [0.25, 0.3) is 0 Å². The Hall–Kier alpha value is -0.770. The molecule has 0 aliphatic heterocycles. The molecule has 0 aromatic heterocycles. The molecule has 0 amide bonds. The summed E-state index contributed by atoms with van der Waals surface area (Å²) in [6.07, 6.45) is -0.796. The van der Waals surface area contributed by atoms with Crippen molar-refractivity contribution < 1.29 is 19.4 Å². The van der Waals surface area contributed by atoms with E-state index in [1.165, 1.54) is 0 Å². The fraction of sp³-hybridized carbons (Fsp3) is 0.857. The van der Waals surface area contributed by atoms with Crippen molar-refractivity contribution in [2.75, 3.05) is 6.61 Å². The van der Waals surface area contributed by atoms with E-state index in [2.05, 4.69) is 4.74 Å². The van der Waals surface area contributed by atoms with Crippen molar-refractivity contribution in [3.8, 4) is 0 Å². The van der Waals surface area contributed by atoms with Crippen LogP contribution in [0, 0.1) is 0 Å². The molecule has 66 valence electrons. The van der Waals surface area contributed by atoms with Crippen molar-refractivity contribution >= 4 is 6.16 Å². The Bertz CT molecular complexity index is 134. The molecule has 0 aliphatic carbocycles. The van der Waals surface area contributed by atoms with Gasteiger partial charge in [0.15, 0.2) is 0 Å². The summed E-state index contributed by atoms with van der Waals surface area (Å²) in [5.41, 5.74) is 0. The maximum atomic E-state index is 10.1. The normalized spacial score (nSPS) is 15.5. The van der Waals surface area contributed by atoms with Gasteiger partial charge < -0.3 is 14.6 Å². The summed E-state index contributed by atoms with van der Waals surface area (Å²) >= 11 is 0. The second-order valence-corrected chi connectivity index (χ2v) is 2.29. The molecule has 0 aromatic rings. The van der Waals surface area contributed by atoms with Crippen molar-refractivity contribution in [3.63, 3.8) is 0 Å². The lowest BCUT2D eigenvalue weighted by Crippen LogP contribution is -2.33. The van der Waals surface area contributed by atoms with Crippen LogP contribution in [0.2, 0.25) is 0 Å². The number of rotatable bonds is 4. The molecule has 0 bridgehead atoms. The van der Waals surface area contributed by atoms with Gasteiger partial charge >= 0.3 is 6.16 Å². The third-order valence-corrected chi connectivity index (χ3v) is 1.40. The van der Waals surface area contributed by atoms with E-state index in [0.717, 1.165) is 0 Å². The summed E-state index contributed by atoms with van der Waals surface area (Å²) in [6.45, 7) is 5.64. The molecule has 0 radical (unpaired) electrons. The molecule has 0 spiro atoms. The fourth-order valence-electron chi connectivity index (χ4n) is 0.694. The summed E-state index contributed by atoms with van der Waals surface area (Å²) in [7, 11) is 0. The molecule has 4 nitrogen and oxygen atoms in total. The van der Waals surface area contributed by atoms with E-state index in [4.69, 9.17) is 9.84 Å². The van der Waals surface area contributed by atoms with Gasteiger partial charge in [-0.2, -0.15) is 0 Å². The molecule has 0 heterocycles. The first-order chi connectivity index (χ1) is 5.04. The summed E-state index contributed by atoms with van der Waals surface area (Å²) in [5.74, 6) is -0.986. The topological polar surface area (TPSA) is 55.8 Å². The first-order valence-corrected chi connectivity index (χ1v) is 3.60. The van der Waals surface area contributed by atoms with Crippen molar-refractivity contribution in [2.24, 2.45) is 0 Å². The molecule has 1 unspecified atom stereocenters. The van der Waals surface area contributed by atoms with E-state index in [1.807, 2.05) is 0 Å². The van der Waals surface area contributed by atoms with Crippen LogP contribution >= 0.6 is 0 Å². The summed E-state index contributed by atoms with van der Waals surface area (Å²) in [4.78, 5) is 10.1. The van der Waals surface area contributed by atoms with Gasteiger partial charge in [-0.1, -0.05) is 6.92 Å². The molecule has 4 heteroatoms. The van der Waals surface area contributed by atoms with E-state index >= 15 is 0 Å². The van der Waals surface area contributed by atoms with Crippen LogP contribution in [0.15, 0.2) is 0 Å². The van der Waals surface area contributed by atoms with E-state index in [0.29, 0.717) is 13.0 Å². The molecule has 0 aliphatic rings. The maximum Gasteiger partial charge on any atom is 0.508 e. The maximum absolute atomic E-state index is 10.1. The molecular weight excluding hydrogens is 148 g/mol. The quantitative estimate of drug-likeness (QED) is 0.506. The second-order valence-electron chi connectivity index (χ2n) is 2.29. The lowest BCUT2D eigenvalue weighted by atomic mass is 10.2. The predicted molar refractivity (Wildman–Crippen MR) is 39.4 cm³/mol. The molecule has 1 atom stereocenters. The summed E-state index contributed by atoms with van der Waals surface area (Å²) in [5, 5.41) is 8.30. The van der Waals surface area contributed by atoms with Crippen LogP contribution in [0.3, 0.4) is 0 Å². The first-order valence-electron chi connectivity index (χ1n) is 3.60. The van der Waals surface area contributed by atoms with Gasteiger partial charge in [0.05, 0.1) is 0 Å². The third-order valence-electron chi connectivity index (χ3n) is 1.40. The Labute approximate surface area is 66.1 Å². The Morgan fingerprint density at radius 2 is 2.09 bits per heavy atom. The average molecular weight is 162 g/mol. The molecule has 1 N–H and O–H groups in total. The Kier molecular flexibility index (Phi) is 3.89. The summed E-state index contributed by atoms with van der Waals surface area (Å²) < 4.78 is 9.61. The average Bonchev–Trinajstić information content (AvgIpc) is 1.87. The SMILES string of the molecule is CCOC(C)(CC)OC(=O)O.